The van der Waals surface area contributed by atoms with E-state index in [4.69, 9.17) is 4.74 Å². The van der Waals surface area contributed by atoms with Gasteiger partial charge in [-0.25, -0.2) is 0 Å². The van der Waals surface area contributed by atoms with Crippen LogP contribution in [0.1, 0.15) is 43.9 Å². The number of hydrogen-bond donors (Lipinski definition) is 1. The Morgan fingerprint density at radius 3 is 2.50 bits per heavy atom. The molecule has 1 N–H and O–H groups in total. The zero-order chi connectivity index (χ0) is 13.0. The van der Waals surface area contributed by atoms with Gasteiger partial charge in [0.05, 0.1) is 12.7 Å². The molecule has 2 rings (SSSR count). The second-order valence-corrected chi connectivity index (χ2v) is 5.55. The van der Waals surface area contributed by atoms with Gasteiger partial charge in [0, 0.05) is 18.5 Å². The molecule has 2 heteroatoms. The molecule has 0 aliphatic carbocycles. The first-order chi connectivity index (χ1) is 8.69. The van der Waals surface area contributed by atoms with Gasteiger partial charge >= 0.3 is 0 Å². The fraction of sp³-hybridized carbons (Fsp3) is 0.625. The number of aryl methyl sites for hydroxylation is 1. The zero-order valence-corrected chi connectivity index (χ0v) is 11.8. The summed E-state index contributed by atoms with van der Waals surface area (Å²) in [6, 6.07) is 8.70. The molecular weight excluding hydrogens is 222 g/mol. The van der Waals surface area contributed by atoms with E-state index >= 15 is 0 Å². The third-order valence-corrected chi connectivity index (χ3v) is 4.37. The van der Waals surface area contributed by atoms with Crippen molar-refractivity contribution in [1.82, 2.24) is 5.32 Å². The summed E-state index contributed by atoms with van der Waals surface area (Å²) in [6.07, 6.45) is 2.55. The minimum atomic E-state index is 0.200. The molecule has 0 amide bonds. The molecule has 1 unspecified atom stereocenters. The van der Waals surface area contributed by atoms with Crippen LogP contribution in [0.25, 0.3) is 0 Å². The quantitative estimate of drug-likeness (QED) is 0.883. The standard InChI is InChI=1S/C16H25NO/c1-4-16(5-2)11-17-10-15(18-12-16)14-8-6-13(3)7-9-14/h6-9,15,17H,4-5,10-12H2,1-3H3. The summed E-state index contributed by atoms with van der Waals surface area (Å²) >= 11 is 0. The van der Waals surface area contributed by atoms with E-state index in [0.717, 1.165) is 19.7 Å². The largest absolute Gasteiger partial charge is 0.372 e. The molecule has 1 atom stereocenters. The van der Waals surface area contributed by atoms with E-state index in [1.54, 1.807) is 0 Å². The molecule has 0 saturated carbocycles. The third-order valence-electron chi connectivity index (χ3n) is 4.37. The Labute approximate surface area is 111 Å². The summed E-state index contributed by atoms with van der Waals surface area (Å²) in [6.45, 7) is 9.51. The first-order valence-electron chi connectivity index (χ1n) is 7.08. The number of rotatable bonds is 3. The molecule has 1 fully saturated rings. The highest BCUT2D eigenvalue weighted by Crippen LogP contribution is 2.31. The summed E-state index contributed by atoms with van der Waals surface area (Å²) in [4.78, 5) is 0. The predicted octanol–water partition coefficient (Wildman–Crippen LogP) is 3.46. The maximum Gasteiger partial charge on any atom is 0.0949 e. The van der Waals surface area contributed by atoms with Gasteiger partial charge < -0.3 is 10.1 Å². The van der Waals surface area contributed by atoms with Crippen LogP contribution < -0.4 is 5.32 Å². The first kappa shape index (κ1) is 13.6. The summed E-state index contributed by atoms with van der Waals surface area (Å²) in [5, 5.41) is 3.58. The smallest absolute Gasteiger partial charge is 0.0949 e. The molecule has 100 valence electrons. The van der Waals surface area contributed by atoms with Gasteiger partial charge in [-0.05, 0) is 25.3 Å². The molecule has 1 aromatic carbocycles. The van der Waals surface area contributed by atoms with E-state index < -0.39 is 0 Å². The van der Waals surface area contributed by atoms with Crippen LogP contribution in [0, 0.1) is 12.3 Å². The van der Waals surface area contributed by atoms with Crippen molar-refractivity contribution in [3.8, 4) is 0 Å². The van der Waals surface area contributed by atoms with Crippen molar-refractivity contribution in [2.24, 2.45) is 5.41 Å². The number of hydrogen-bond acceptors (Lipinski definition) is 2. The van der Waals surface area contributed by atoms with Crippen LogP contribution in [-0.4, -0.2) is 19.7 Å². The topological polar surface area (TPSA) is 21.3 Å². The number of nitrogens with one attached hydrogen (secondary N) is 1. The number of ether oxygens (including phenoxy) is 1. The maximum absolute atomic E-state index is 6.16. The monoisotopic (exact) mass is 247 g/mol. The Hall–Kier alpha value is -0.860. The van der Waals surface area contributed by atoms with Crippen LogP contribution in [0.4, 0.5) is 0 Å². The Balaban J connectivity index is 2.07. The van der Waals surface area contributed by atoms with Gasteiger partial charge in [0.25, 0.3) is 0 Å². The van der Waals surface area contributed by atoms with Gasteiger partial charge in [-0.1, -0.05) is 43.7 Å². The average Bonchev–Trinajstić information content (AvgIpc) is 2.63. The van der Waals surface area contributed by atoms with Crippen LogP contribution in [0.5, 0.6) is 0 Å². The number of benzene rings is 1. The Kier molecular flexibility index (Phi) is 4.41. The van der Waals surface area contributed by atoms with Gasteiger partial charge in [0.1, 0.15) is 0 Å². The molecule has 1 heterocycles. The Morgan fingerprint density at radius 2 is 1.89 bits per heavy atom. The zero-order valence-electron chi connectivity index (χ0n) is 11.8. The lowest BCUT2D eigenvalue weighted by Gasteiger charge is -2.29. The van der Waals surface area contributed by atoms with Crippen LogP contribution >= 0.6 is 0 Å². The van der Waals surface area contributed by atoms with Crippen molar-refractivity contribution in [1.29, 1.82) is 0 Å². The van der Waals surface area contributed by atoms with Gasteiger partial charge in [-0.15, -0.1) is 0 Å². The van der Waals surface area contributed by atoms with Crippen molar-refractivity contribution in [2.75, 3.05) is 19.7 Å². The summed E-state index contributed by atoms with van der Waals surface area (Å²) in [7, 11) is 0. The molecule has 1 aliphatic rings. The van der Waals surface area contributed by atoms with Crippen LogP contribution in [0.15, 0.2) is 24.3 Å². The molecule has 0 spiro atoms. The molecule has 1 saturated heterocycles. The van der Waals surface area contributed by atoms with E-state index in [-0.39, 0.29) is 6.10 Å². The van der Waals surface area contributed by atoms with Crippen LogP contribution in [-0.2, 0) is 4.74 Å². The van der Waals surface area contributed by atoms with Crippen molar-refractivity contribution in [2.45, 2.75) is 39.7 Å². The van der Waals surface area contributed by atoms with Gasteiger partial charge in [-0.2, -0.15) is 0 Å². The maximum atomic E-state index is 6.16. The molecule has 0 bridgehead atoms. The predicted molar refractivity (Wildman–Crippen MR) is 75.8 cm³/mol. The minimum absolute atomic E-state index is 0.200. The van der Waals surface area contributed by atoms with Gasteiger partial charge in [-0.3, -0.25) is 0 Å². The van der Waals surface area contributed by atoms with E-state index in [2.05, 4.69) is 50.4 Å². The van der Waals surface area contributed by atoms with Crippen molar-refractivity contribution < 1.29 is 4.74 Å². The third kappa shape index (κ3) is 2.93. The highest BCUT2D eigenvalue weighted by atomic mass is 16.5. The van der Waals surface area contributed by atoms with Crippen molar-refractivity contribution in [3.63, 3.8) is 0 Å². The molecule has 1 aromatic rings. The first-order valence-corrected chi connectivity index (χ1v) is 7.08. The highest BCUT2D eigenvalue weighted by Gasteiger charge is 2.30. The second kappa shape index (κ2) is 5.85. The Morgan fingerprint density at radius 1 is 1.22 bits per heavy atom. The SMILES string of the molecule is CCC1(CC)CNCC(c2ccc(C)cc2)OC1. The van der Waals surface area contributed by atoms with E-state index in [1.807, 2.05) is 0 Å². The lowest BCUT2D eigenvalue weighted by atomic mass is 9.83. The van der Waals surface area contributed by atoms with Gasteiger partial charge in [0.15, 0.2) is 0 Å². The molecule has 2 nitrogen and oxygen atoms in total. The lowest BCUT2D eigenvalue weighted by Crippen LogP contribution is -2.34. The van der Waals surface area contributed by atoms with Gasteiger partial charge in [0.2, 0.25) is 0 Å². The van der Waals surface area contributed by atoms with Crippen molar-refractivity contribution in [3.05, 3.63) is 35.4 Å². The fourth-order valence-electron chi connectivity index (χ4n) is 2.56. The van der Waals surface area contributed by atoms with E-state index in [1.165, 1.54) is 24.0 Å². The van der Waals surface area contributed by atoms with Crippen molar-refractivity contribution >= 4 is 0 Å². The molecule has 1 aliphatic heterocycles. The minimum Gasteiger partial charge on any atom is -0.372 e. The summed E-state index contributed by atoms with van der Waals surface area (Å²) < 4.78 is 6.16. The Bertz CT molecular complexity index is 367. The molecular formula is C16H25NO. The van der Waals surface area contributed by atoms with E-state index in [0.29, 0.717) is 5.41 Å². The van der Waals surface area contributed by atoms with Crippen LogP contribution in [0.2, 0.25) is 0 Å². The van der Waals surface area contributed by atoms with Crippen LogP contribution in [0.3, 0.4) is 0 Å². The molecule has 0 aromatic heterocycles. The molecule has 18 heavy (non-hydrogen) atoms. The second-order valence-electron chi connectivity index (χ2n) is 5.55. The summed E-state index contributed by atoms with van der Waals surface area (Å²) in [5.41, 5.74) is 2.91. The molecule has 0 radical (unpaired) electrons. The van der Waals surface area contributed by atoms with E-state index in [9.17, 15) is 0 Å². The highest BCUT2D eigenvalue weighted by molar-refractivity contribution is 5.23. The summed E-state index contributed by atoms with van der Waals surface area (Å²) in [5.74, 6) is 0. The normalized spacial score (nSPS) is 23.6. The average molecular weight is 247 g/mol. The fourth-order valence-corrected chi connectivity index (χ4v) is 2.56. The lowest BCUT2D eigenvalue weighted by molar-refractivity contribution is 0.0103.